The molecular weight excluding hydrogens is 414 g/mol. The topological polar surface area (TPSA) is 87.7 Å². The van der Waals surface area contributed by atoms with E-state index in [9.17, 15) is 13.2 Å². The number of carbonyl (C=O) groups excluding carboxylic acids is 1. The first kappa shape index (κ1) is 23.2. The van der Waals surface area contributed by atoms with Gasteiger partial charge in [0.15, 0.2) is 0 Å². The lowest BCUT2D eigenvalue weighted by molar-refractivity contribution is 0.0374. The van der Waals surface area contributed by atoms with Crippen molar-refractivity contribution in [1.82, 2.24) is 10.2 Å². The van der Waals surface area contributed by atoms with Crippen LogP contribution >= 0.6 is 0 Å². The minimum atomic E-state index is -3.83. The number of aryl methyl sites for hydroxylation is 2. The molecule has 0 radical (unpaired) electrons. The highest BCUT2D eigenvalue weighted by Gasteiger charge is 2.20. The third-order valence-electron chi connectivity index (χ3n) is 5.63. The molecule has 1 fully saturated rings. The third-order valence-corrected chi connectivity index (χ3v) is 7.14. The van der Waals surface area contributed by atoms with Gasteiger partial charge in [0.1, 0.15) is 0 Å². The van der Waals surface area contributed by atoms with E-state index in [2.05, 4.69) is 14.9 Å². The molecule has 0 atom stereocenters. The third kappa shape index (κ3) is 6.06. The predicted molar refractivity (Wildman–Crippen MR) is 122 cm³/mol. The van der Waals surface area contributed by atoms with Crippen molar-refractivity contribution in [2.45, 2.75) is 32.1 Å². The fourth-order valence-electron chi connectivity index (χ4n) is 3.52. The van der Waals surface area contributed by atoms with E-state index in [1.54, 1.807) is 25.1 Å². The molecule has 2 N–H and O–H groups in total. The summed E-state index contributed by atoms with van der Waals surface area (Å²) in [6, 6.07) is 10.3. The van der Waals surface area contributed by atoms with E-state index < -0.39 is 10.0 Å². The minimum absolute atomic E-state index is 0.106. The van der Waals surface area contributed by atoms with Gasteiger partial charge in [0.05, 0.1) is 23.8 Å². The number of hydrogen-bond acceptors (Lipinski definition) is 5. The molecule has 1 amide bonds. The van der Waals surface area contributed by atoms with Gasteiger partial charge in [-0.1, -0.05) is 18.2 Å². The number of benzene rings is 2. The van der Waals surface area contributed by atoms with Crippen LogP contribution in [0.5, 0.6) is 0 Å². The van der Waals surface area contributed by atoms with Gasteiger partial charge in [-0.3, -0.25) is 14.4 Å². The Bertz CT molecular complexity index is 1030. The monoisotopic (exact) mass is 445 g/mol. The SMILES string of the molecule is Cc1ccc(C(=O)NCCCN2CCOCC2)cc1S(=O)(=O)Nc1cccc(C)c1C. The van der Waals surface area contributed by atoms with Crippen LogP contribution in [0.15, 0.2) is 41.3 Å². The zero-order chi connectivity index (χ0) is 22.4. The minimum Gasteiger partial charge on any atom is -0.379 e. The van der Waals surface area contributed by atoms with Gasteiger partial charge in [-0.25, -0.2) is 8.42 Å². The Morgan fingerprint density at radius 1 is 1.06 bits per heavy atom. The zero-order valence-electron chi connectivity index (χ0n) is 18.4. The Labute approximate surface area is 184 Å². The van der Waals surface area contributed by atoms with Crippen LogP contribution in [-0.4, -0.2) is 58.6 Å². The number of nitrogens with zero attached hydrogens (tertiary/aromatic N) is 1. The largest absolute Gasteiger partial charge is 0.379 e. The molecule has 31 heavy (non-hydrogen) atoms. The first-order valence-electron chi connectivity index (χ1n) is 10.6. The van der Waals surface area contributed by atoms with Crippen LogP contribution in [0.1, 0.15) is 33.5 Å². The quantitative estimate of drug-likeness (QED) is 0.610. The van der Waals surface area contributed by atoms with Crippen LogP contribution in [0, 0.1) is 20.8 Å². The van der Waals surface area contributed by atoms with Crippen molar-refractivity contribution in [1.29, 1.82) is 0 Å². The Balaban J connectivity index is 1.65. The first-order valence-corrected chi connectivity index (χ1v) is 12.0. The number of ether oxygens (including phenoxy) is 1. The zero-order valence-corrected chi connectivity index (χ0v) is 19.2. The highest BCUT2D eigenvalue weighted by atomic mass is 32.2. The van der Waals surface area contributed by atoms with Crippen LogP contribution in [0.4, 0.5) is 5.69 Å². The molecule has 0 unspecified atom stereocenters. The van der Waals surface area contributed by atoms with Crippen molar-refractivity contribution in [3.05, 3.63) is 58.7 Å². The van der Waals surface area contributed by atoms with Gasteiger partial charge in [0, 0.05) is 25.2 Å². The number of hydrogen-bond donors (Lipinski definition) is 2. The lowest BCUT2D eigenvalue weighted by atomic mass is 10.1. The van der Waals surface area contributed by atoms with Crippen LogP contribution in [0.3, 0.4) is 0 Å². The molecule has 0 bridgehead atoms. The van der Waals surface area contributed by atoms with E-state index >= 15 is 0 Å². The number of anilines is 1. The molecule has 1 aliphatic rings. The van der Waals surface area contributed by atoms with E-state index in [-0.39, 0.29) is 10.8 Å². The number of sulfonamides is 1. The molecule has 7 nitrogen and oxygen atoms in total. The standard InChI is InChI=1S/C23H31N3O4S/c1-17-6-4-7-21(19(17)3)25-31(28,29)22-16-20(9-8-18(22)2)23(27)24-10-5-11-26-12-14-30-15-13-26/h4,6-9,16,25H,5,10-15H2,1-3H3,(H,24,27). The van der Waals surface area contributed by atoms with Crippen molar-refractivity contribution in [2.24, 2.45) is 0 Å². The summed E-state index contributed by atoms with van der Waals surface area (Å²) in [7, 11) is -3.83. The number of amides is 1. The number of nitrogens with one attached hydrogen (secondary N) is 2. The molecule has 0 saturated carbocycles. The number of morpholine rings is 1. The van der Waals surface area contributed by atoms with Crippen molar-refractivity contribution in [3.8, 4) is 0 Å². The summed E-state index contributed by atoms with van der Waals surface area (Å²) in [5, 5.41) is 2.89. The Kier molecular flexibility index (Phi) is 7.69. The number of carbonyl (C=O) groups is 1. The van der Waals surface area contributed by atoms with Crippen molar-refractivity contribution in [2.75, 3.05) is 44.1 Å². The smallest absolute Gasteiger partial charge is 0.262 e. The van der Waals surface area contributed by atoms with Gasteiger partial charge in [-0.05, 0) is 68.6 Å². The summed E-state index contributed by atoms with van der Waals surface area (Å²) >= 11 is 0. The highest BCUT2D eigenvalue weighted by Crippen LogP contribution is 2.24. The van der Waals surface area contributed by atoms with Gasteiger partial charge in [0.2, 0.25) is 0 Å². The molecule has 3 rings (SSSR count). The van der Waals surface area contributed by atoms with E-state index in [4.69, 9.17) is 4.74 Å². The van der Waals surface area contributed by atoms with E-state index in [1.807, 2.05) is 26.0 Å². The maximum atomic E-state index is 13.0. The van der Waals surface area contributed by atoms with Crippen molar-refractivity contribution >= 4 is 21.6 Å². The van der Waals surface area contributed by atoms with Crippen molar-refractivity contribution < 1.29 is 17.9 Å². The molecule has 2 aromatic rings. The summed E-state index contributed by atoms with van der Waals surface area (Å²) in [5.74, 6) is -0.273. The number of rotatable bonds is 8. The molecule has 0 aliphatic carbocycles. The molecule has 0 spiro atoms. The summed E-state index contributed by atoms with van der Waals surface area (Å²) in [6.07, 6.45) is 0.830. The highest BCUT2D eigenvalue weighted by molar-refractivity contribution is 7.92. The molecule has 168 valence electrons. The predicted octanol–water partition coefficient (Wildman–Crippen LogP) is 2.86. The van der Waals surface area contributed by atoms with Gasteiger partial charge >= 0.3 is 0 Å². The maximum Gasteiger partial charge on any atom is 0.262 e. The maximum absolute atomic E-state index is 13.0. The summed E-state index contributed by atoms with van der Waals surface area (Å²) in [4.78, 5) is 15.0. The lowest BCUT2D eigenvalue weighted by Crippen LogP contribution is -2.38. The van der Waals surface area contributed by atoms with Crippen LogP contribution in [0.2, 0.25) is 0 Å². The Morgan fingerprint density at radius 3 is 2.55 bits per heavy atom. The van der Waals surface area contributed by atoms with E-state index in [1.165, 1.54) is 6.07 Å². The van der Waals surface area contributed by atoms with E-state index in [0.29, 0.717) is 23.4 Å². The second-order valence-corrected chi connectivity index (χ2v) is 9.55. The summed E-state index contributed by atoms with van der Waals surface area (Å²) in [5.41, 5.74) is 3.33. The fraction of sp³-hybridized carbons (Fsp3) is 0.435. The molecule has 1 heterocycles. The molecular formula is C23H31N3O4S. The second kappa shape index (κ2) is 10.3. The Morgan fingerprint density at radius 2 is 1.81 bits per heavy atom. The summed E-state index contributed by atoms with van der Waals surface area (Å²) in [6.45, 7) is 10.3. The Hall–Kier alpha value is -2.42. The molecule has 2 aromatic carbocycles. The average Bonchev–Trinajstić information content (AvgIpc) is 2.75. The lowest BCUT2D eigenvalue weighted by Gasteiger charge is -2.26. The second-order valence-electron chi connectivity index (χ2n) is 7.90. The van der Waals surface area contributed by atoms with Gasteiger partial charge in [0.25, 0.3) is 15.9 Å². The normalized spacial score (nSPS) is 14.9. The van der Waals surface area contributed by atoms with Gasteiger partial charge < -0.3 is 10.1 Å². The van der Waals surface area contributed by atoms with Crippen LogP contribution in [0.25, 0.3) is 0 Å². The van der Waals surface area contributed by atoms with E-state index in [0.717, 1.165) is 50.4 Å². The van der Waals surface area contributed by atoms with Crippen LogP contribution < -0.4 is 10.0 Å². The molecule has 1 saturated heterocycles. The average molecular weight is 446 g/mol. The van der Waals surface area contributed by atoms with Gasteiger partial charge in [-0.2, -0.15) is 0 Å². The van der Waals surface area contributed by atoms with Gasteiger partial charge in [-0.15, -0.1) is 0 Å². The molecule has 1 aliphatic heterocycles. The fourth-order valence-corrected chi connectivity index (χ4v) is 4.92. The first-order chi connectivity index (χ1) is 14.8. The molecule has 8 heteroatoms. The summed E-state index contributed by atoms with van der Waals surface area (Å²) < 4.78 is 34.1. The molecule has 0 aromatic heterocycles. The van der Waals surface area contributed by atoms with Crippen molar-refractivity contribution in [3.63, 3.8) is 0 Å². The van der Waals surface area contributed by atoms with Crippen LogP contribution in [-0.2, 0) is 14.8 Å².